The molecule has 1 aromatic heterocycles. The van der Waals surface area contributed by atoms with Crippen LogP contribution in [0.5, 0.6) is 0 Å². The Hall–Kier alpha value is -2.62. The van der Waals surface area contributed by atoms with Crippen molar-refractivity contribution < 1.29 is 9.90 Å². The third-order valence-corrected chi connectivity index (χ3v) is 5.87. The van der Waals surface area contributed by atoms with E-state index in [1.54, 1.807) is 6.07 Å². The van der Waals surface area contributed by atoms with E-state index in [2.05, 4.69) is 19.1 Å². The lowest BCUT2D eigenvalue weighted by atomic mass is 9.74. The Kier molecular flexibility index (Phi) is 4.27. The standard InChI is InChI=1S/C22H23NO3/c1-14-5-2-3-6-15(14)13-23-20-11-9-17-16(18(20)10-12-21(23)24)7-4-8-19(17)22(25)26/h2-3,5-6,10,12,19H,4,7-9,11,13H2,1H3,(H,25,26). The first-order valence-electron chi connectivity index (χ1n) is 9.28. The molecule has 0 saturated carbocycles. The van der Waals surface area contributed by atoms with E-state index in [1.165, 1.54) is 11.1 Å². The van der Waals surface area contributed by atoms with Crippen LogP contribution in [-0.4, -0.2) is 15.6 Å². The van der Waals surface area contributed by atoms with Crippen LogP contribution in [-0.2, 0) is 17.8 Å². The molecule has 1 heterocycles. The molecule has 1 unspecified atom stereocenters. The number of allylic oxidation sites excluding steroid dienone is 1. The van der Waals surface area contributed by atoms with Crippen LogP contribution in [0.1, 0.15) is 48.1 Å². The van der Waals surface area contributed by atoms with Gasteiger partial charge in [-0.15, -0.1) is 0 Å². The predicted molar refractivity (Wildman–Crippen MR) is 101 cm³/mol. The number of aromatic nitrogens is 1. The van der Waals surface area contributed by atoms with Gasteiger partial charge in [0.2, 0.25) is 0 Å². The van der Waals surface area contributed by atoms with E-state index in [1.807, 2.05) is 22.8 Å². The smallest absolute Gasteiger partial charge is 0.310 e. The summed E-state index contributed by atoms with van der Waals surface area (Å²) in [5.74, 6) is -1.07. The second-order valence-electron chi connectivity index (χ2n) is 7.33. The number of rotatable bonds is 3. The van der Waals surface area contributed by atoms with Gasteiger partial charge in [0.05, 0.1) is 12.5 Å². The molecule has 26 heavy (non-hydrogen) atoms. The maximum atomic E-state index is 12.6. The topological polar surface area (TPSA) is 59.3 Å². The van der Waals surface area contributed by atoms with Gasteiger partial charge in [0.1, 0.15) is 0 Å². The van der Waals surface area contributed by atoms with Crippen molar-refractivity contribution in [1.29, 1.82) is 0 Å². The second-order valence-corrected chi connectivity index (χ2v) is 7.33. The molecular weight excluding hydrogens is 326 g/mol. The number of carboxylic acid groups (broad SMARTS) is 1. The molecular formula is C22H23NO3. The fourth-order valence-corrected chi connectivity index (χ4v) is 4.48. The number of aliphatic carboxylic acids is 1. The number of pyridine rings is 1. The molecule has 0 spiro atoms. The average molecular weight is 349 g/mol. The van der Waals surface area contributed by atoms with Gasteiger partial charge in [-0.05, 0) is 67.4 Å². The molecule has 2 aliphatic carbocycles. The molecule has 134 valence electrons. The zero-order valence-corrected chi connectivity index (χ0v) is 15.0. The van der Waals surface area contributed by atoms with Crippen LogP contribution >= 0.6 is 0 Å². The Morgan fingerprint density at radius 1 is 1.15 bits per heavy atom. The lowest BCUT2D eigenvalue weighted by Gasteiger charge is -2.32. The molecule has 2 aliphatic rings. The highest BCUT2D eigenvalue weighted by Crippen LogP contribution is 2.42. The molecule has 0 saturated heterocycles. The van der Waals surface area contributed by atoms with Gasteiger partial charge in [0.15, 0.2) is 0 Å². The Labute approximate surface area is 152 Å². The first-order chi connectivity index (χ1) is 12.6. The van der Waals surface area contributed by atoms with Crippen molar-refractivity contribution in [3.05, 3.63) is 74.7 Å². The van der Waals surface area contributed by atoms with Crippen LogP contribution in [0, 0.1) is 12.8 Å². The normalized spacial score (nSPS) is 19.0. The van der Waals surface area contributed by atoms with Gasteiger partial charge in [-0.25, -0.2) is 0 Å². The molecule has 0 amide bonds. The summed E-state index contributed by atoms with van der Waals surface area (Å²) >= 11 is 0. The number of hydrogen-bond acceptors (Lipinski definition) is 2. The number of aryl methyl sites for hydroxylation is 1. The minimum absolute atomic E-state index is 0.0154. The summed E-state index contributed by atoms with van der Waals surface area (Å²) in [5.41, 5.74) is 6.74. The largest absolute Gasteiger partial charge is 0.481 e. The van der Waals surface area contributed by atoms with Crippen molar-refractivity contribution in [3.63, 3.8) is 0 Å². The zero-order chi connectivity index (χ0) is 18.3. The third kappa shape index (κ3) is 2.79. The molecule has 1 atom stereocenters. The lowest BCUT2D eigenvalue weighted by molar-refractivity contribution is -0.140. The Balaban J connectivity index is 1.82. The molecule has 0 fully saturated rings. The highest BCUT2D eigenvalue weighted by molar-refractivity contribution is 5.82. The summed E-state index contributed by atoms with van der Waals surface area (Å²) < 4.78 is 1.88. The third-order valence-electron chi connectivity index (χ3n) is 5.87. The van der Waals surface area contributed by atoms with E-state index in [0.29, 0.717) is 6.54 Å². The van der Waals surface area contributed by atoms with Crippen molar-refractivity contribution >= 4 is 11.5 Å². The summed E-state index contributed by atoms with van der Waals surface area (Å²) in [6.45, 7) is 2.63. The summed E-state index contributed by atoms with van der Waals surface area (Å²) in [6, 6.07) is 11.7. The van der Waals surface area contributed by atoms with Gasteiger partial charge < -0.3 is 9.67 Å². The van der Waals surface area contributed by atoms with E-state index in [4.69, 9.17) is 0 Å². The van der Waals surface area contributed by atoms with Crippen molar-refractivity contribution in [1.82, 2.24) is 4.57 Å². The average Bonchev–Trinajstić information content (AvgIpc) is 2.64. The van der Waals surface area contributed by atoms with Crippen LogP contribution in [0.2, 0.25) is 0 Å². The van der Waals surface area contributed by atoms with Crippen LogP contribution < -0.4 is 5.56 Å². The molecule has 4 heteroatoms. The maximum Gasteiger partial charge on any atom is 0.310 e. The summed E-state index contributed by atoms with van der Waals surface area (Å²) in [4.78, 5) is 24.2. The SMILES string of the molecule is Cc1ccccc1Cn1c2c(ccc1=O)C1=C(CC2)C(C(=O)O)CCC1. The molecule has 0 aliphatic heterocycles. The van der Waals surface area contributed by atoms with Gasteiger partial charge >= 0.3 is 5.97 Å². The molecule has 0 radical (unpaired) electrons. The van der Waals surface area contributed by atoms with E-state index >= 15 is 0 Å². The van der Waals surface area contributed by atoms with Gasteiger partial charge in [-0.2, -0.15) is 0 Å². The van der Waals surface area contributed by atoms with Crippen molar-refractivity contribution in [2.45, 2.75) is 45.6 Å². The fraction of sp³-hybridized carbons (Fsp3) is 0.364. The first-order valence-corrected chi connectivity index (χ1v) is 9.28. The Morgan fingerprint density at radius 2 is 1.96 bits per heavy atom. The van der Waals surface area contributed by atoms with Crippen molar-refractivity contribution in [3.8, 4) is 0 Å². The number of hydrogen-bond donors (Lipinski definition) is 1. The lowest BCUT2D eigenvalue weighted by Crippen LogP contribution is -2.29. The van der Waals surface area contributed by atoms with Crippen molar-refractivity contribution in [2.75, 3.05) is 0 Å². The van der Waals surface area contributed by atoms with Gasteiger partial charge in [0.25, 0.3) is 5.56 Å². The van der Waals surface area contributed by atoms with Gasteiger partial charge in [-0.3, -0.25) is 9.59 Å². The molecule has 1 aromatic carbocycles. The van der Waals surface area contributed by atoms with Crippen LogP contribution in [0.25, 0.3) is 5.57 Å². The number of nitrogens with zero attached hydrogens (tertiary/aromatic N) is 1. The minimum atomic E-state index is -0.714. The number of carboxylic acids is 1. The predicted octanol–water partition coefficient (Wildman–Crippen LogP) is 3.79. The Bertz CT molecular complexity index is 968. The van der Waals surface area contributed by atoms with E-state index in [-0.39, 0.29) is 11.5 Å². The number of benzene rings is 1. The molecule has 4 rings (SSSR count). The number of fused-ring (bicyclic) bond motifs is 2. The van der Waals surface area contributed by atoms with Crippen LogP contribution in [0.15, 0.2) is 46.8 Å². The summed E-state index contributed by atoms with van der Waals surface area (Å²) in [5, 5.41) is 9.56. The molecule has 1 N–H and O–H groups in total. The first kappa shape index (κ1) is 16.8. The van der Waals surface area contributed by atoms with Crippen LogP contribution in [0.4, 0.5) is 0 Å². The van der Waals surface area contributed by atoms with E-state index < -0.39 is 5.97 Å². The van der Waals surface area contributed by atoms with Crippen LogP contribution in [0.3, 0.4) is 0 Å². The van der Waals surface area contributed by atoms with Gasteiger partial charge in [0, 0.05) is 11.8 Å². The summed E-state index contributed by atoms with van der Waals surface area (Å²) in [6.07, 6.45) is 4.02. The minimum Gasteiger partial charge on any atom is -0.481 e. The highest BCUT2D eigenvalue weighted by atomic mass is 16.4. The van der Waals surface area contributed by atoms with Crippen molar-refractivity contribution in [2.24, 2.45) is 5.92 Å². The summed E-state index contributed by atoms with van der Waals surface area (Å²) in [7, 11) is 0. The molecule has 4 nitrogen and oxygen atoms in total. The molecule has 2 aromatic rings. The zero-order valence-electron chi connectivity index (χ0n) is 15.0. The van der Waals surface area contributed by atoms with E-state index in [9.17, 15) is 14.7 Å². The highest BCUT2D eigenvalue weighted by Gasteiger charge is 2.33. The fourth-order valence-electron chi connectivity index (χ4n) is 4.48. The Morgan fingerprint density at radius 3 is 2.73 bits per heavy atom. The quantitative estimate of drug-likeness (QED) is 0.917. The van der Waals surface area contributed by atoms with E-state index in [0.717, 1.165) is 54.5 Å². The maximum absolute atomic E-state index is 12.6. The molecule has 0 bridgehead atoms. The number of carbonyl (C=O) groups is 1. The second kappa shape index (κ2) is 6.60. The van der Waals surface area contributed by atoms with Gasteiger partial charge in [-0.1, -0.05) is 29.8 Å². The monoisotopic (exact) mass is 349 g/mol.